The van der Waals surface area contributed by atoms with E-state index in [0.717, 1.165) is 0 Å². The molecule has 110 valence electrons. The molecule has 0 unspecified atom stereocenters. The quantitative estimate of drug-likeness (QED) is 0.744. The number of likely N-dealkylation sites (tertiary alicyclic amines) is 1. The Kier molecular flexibility index (Phi) is 2.86. The van der Waals surface area contributed by atoms with Crippen molar-refractivity contribution in [3.8, 4) is 0 Å². The van der Waals surface area contributed by atoms with E-state index < -0.39 is 0 Å². The summed E-state index contributed by atoms with van der Waals surface area (Å²) < 4.78 is 7.77. The van der Waals surface area contributed by atoms with Gasteiger partial charge in [-0.2, -0.15) is 0 Å². The molecule has 1 aromatic carbocycles. The minimum Gasteiger partial charge on any atom is -0.504 e. The predicted octanol–water partition coefficient (Wildman–Crippen LogP) is 3.56. The van der Waals surface area contributed by atoms with E-state index in [1.807, 2.05) is 6.26 Å². The maximum absolute atomic E-state index is 5.42. The molecule has 4 rings (SSSR count). The average molecular weight is 282 g/mol. The van der Waals surface area contributed by atoms with Crippen LogP contribution in [0.3, 0.4) is 0 Å². The van der Waals surface area contributed by atoms with Gasteiger partial charge in [-0.15, -0.1) is 0 Å². The molecule has 3 nitrogen and oxygen atoms in total. The lowest BCUT2D eigenvalue weighted by Crippen LogP contribution is -2.37. The van der Waals surface area contributed by atoms with Crippen LogP contribution >= 0.6 is 0 Å². The zero-order chi connectivity index (χ0) is 14.6. The average Bonchev–Trinajstić information content (AvgIpc) is 2.80. The van der Waals surface area contributed by atoms with Gasteiger partial charge in [0.2, 0.25) is 0 Å². The van der Waals surface area contributed by atoms with Gasteiger partial charge in [-0.1, -0.05) is 18.2 Å². The molecule has 0 saturated carbocycles. The lowest BCUT2D eigenvalue weighted by Gasteiger charge is -2.42. The number of para-hydroxylation sites is 1. The van der Waals surface area contributed by atoms with Crippen LogP contribution in [0.1, 0.15) is 30.1 Å². The van der Waals surface area contributed by atoms with Crippen molar-refractivity contribution in [2.24, 2.45) is 13.0 Å². The van der Waals surface area contributed by atoms with Crippen LogP contribution in [0, 0.1) is 5.92 Å². The molecule has 2 bridgehead atoms. The minimum atomic E-state index is 0.541. The zero-order valence-electron chi connectivity index (χ0n) is 13.0. The van der Waals surface area contributed by atoms with E-state index in [1.54, 1.807) is 7.11 Å². The first-order valence-corrected chi connectivity index (χ1v) is 7.73. The Morgan fingerprint density at radius 2 is 2.05 bits per heavy atom. The van der Waals surface area contributed by atoms with Gasteiger partial charge in [0.1, 0.15) is 0 Å². The van der Waals surface area contributed by atoms with Crippen LogP contribution in [0.4, 0.5) is 0 Å². The molecule has 1 aliphatic heterocycles. The number of fused-ring (bicyclic) bond motifs is 6. The van der Waals surface area contributed by atoms with Gasteiger partial charge in [-0.3, -0.25) is 4.90 Å². The summed E-state index contributed by atoms with van der Waals surface area (Å²) in [6.07, 6.45) is 4.42. The van der Waals surface area contributed by atoms with Gasteiger partial charge in [0.25, 0.3) is 0 Å². The molecule has 2 heterocycles. The Bertz CT molecular complexity index is 728. The van der Waals surface area contributed by atoms with Gasteiger partial charge in [-0.05, 0) is 38.4 Å². The van der Waals surface area contributed by atoms with Crippen LogP contribution in [0.25, 0.3) is 16.5 Å². The Labute approximate surface area is 125 Å². The second-order valence-corrected chi connectivity index (χ2v) is 6.37. The second kappa shape index (κ2) is 4.63. The lowest BCUT2D eigenvalue weighted by atomic mass is 9.75. The summed E-state index contributed by atoms with van der Waals surface area (Å²) in [6.45, 7) is 1.17. The molecular weight excluding hydrogens is 260 g/mol. The molecule has 2 atom stereocenters. The first kappa shape index (κ1) is 13.0. The van der Waals surface area contributed by atoms with Crippen molar-refractivity contribution in [3.63, 3.8) is 0 Å². The third-order valence-electron chi connectivity index (χ3n) is 5.31. The van der Waals surface area contributed by atoms with Crippen LogP contribution in [0.15, 0.2) is 30.5 Å². The molecule has 0 N–H and O–H groups in total. The number of allylic oxidation sites excluding steroid dienone is 1. The van der Waals surface area contributed by atoms with Crippen LogP contribution in [0.5, 0.6) is 0 Å². The molecular formula is C18H22N2O. The Morgan fingerprint density at radius 1 is 1.24 bits per heavy atom. The van der Waals surface area contributed by atoms with Crippen LogP contribution in [0.2, 0.25) is 0 Å². The van der Waals surface area contributed by atoms with E-state index in [-0.39, 0.29) is 0 Å². The van der Waals surface area contributed by atoms with Gasteiger partial charge in [0.05, 0.1) is 19.1 Å². The molecule has 1 aromatic heterocycles. The van der Waals surface area contributed by atoms with Gasteiger partial charge in [0.15, 0.2) is 0 Å². The number of aryl methyl sites for hydroxylation is 1. The maximum Gasteiger partial charge on any atom is 0.0880 e. The zero-order valence-corrected chi connectivity index (χ0v) is 13.0. The fourth-order valence-electron chi connectivity index (χ4n) is 4.28. The molecule has 1 saturated heterocycles. The Balaban J connectivity index is 2.07. The smallest absolute Gasteiger partial charge is 0.0880 e. The van der Waals surface area contributed by atoms with Crippen LogP contribution < -0.4 is 0 Å². The van der Waals surface area contributed by atoms with Crippen molar-refractivity contribution in [2.45, 2.75) is 18.9 Å². The van der Waals surface area contributed by atoms with Crippen molar-refractivity contribution in [2.75, 3.05) is 20.7 Å². The summed E-state index contributed by atoms with van der Waals surface area (Å²) in [7, 11) is 6.21. The minimum absolute atomic E-state index is 0.541. The number of nitrogens with zero attached hydrogens (tertiary/aromatic N) is 2. The topological polar surface area (TPSA) is 17.4 Å². The summed E-state index contributed by atoms with van der Waals surface area (Å²) in [5.41, 5.74) is 5.58. The second-order valence-electron chi connectivity index (χ2n) is 6.37. The summed E-state index contributed by atoms with van der Waals surface area (Å²) >= 11 is 0. The summed E-state index contributed by atoms with van der Waals surface area (Å²) in [4.78, 5) is 2.52. The monoisotopic (exact) mass is 282 g/mol. The fourth-order valence-corrected chi connectivity index (χ4v) is 4.28. The van der Waals surface area contributed by atoms with Crippen LogP contribution in [-0.2, 0) is 11.8 Å². The SMILES string of the molecule is CO/C=C1/c2c(c3ccccc3n2C)[C@H]2C[C@@H]1CCN2C. The molecule has 1 fully saturated rings. The van der Waals surface area contributed by atoms with E-state index >= 15 is 0 Å². The first-order chi connectivity index (χ1) is 10.2. The van der Waals surface area contributed by atoms with E-state index in [2.05, 4.69) is 47.8 Å². The molecule has 0 amide bonds. The Hall–Kier alpha value is -1.74. The van der Waals surface area contributed by atoms with Crippen molar-refractivity contribution in [1.82, 2.24) is 9.47 Å². The number of hydrogen-bond donors (Lipinski definition) is 0. The van der Waals surface area contributed by atoms with Gasteiger partial charge >= 0.3 is 0 Å². The van der Waals surface area contributed by atoms with E-state index in [0.29, 0.717) is 12.0 Å². The normalized spacial score (nSPS) is 27.1. The number of aromatic nitrogens is 1. The predicted molar refractivity (Wildman–Crippen MR) is 86.0 cm³/mol. The first-order valence-electron chi connectivity index (χ1n) is 7.73. The van der Waals surface area contributed by atoms with Crippen molar-refractivity contribution < 1.29 is 4.74 Å². The highest BCUT2D eigenvalue weighted by Crippen LogP contribution is 2.50. The summed E-state index contributed by atoms with van der Waals surface area (Å²) in [5.74, 6) is 0.627. The summed E-state index contributed by atoms with van der Waals surface area (Å²) in [5, 5.41) is 1.40. The van der Waals surface area contributed by atoms with Crippen molar-refractivity contribution in [1.29, 1.82) is 0 Å². The highest BCUT2D eigenvalue weighted by molar-refractivity contribution is 5.92. The van der Waals surface area contributed by atoms with Crippen molar-refractivity contribution in [3.05, 3.63) is 41.8 Å². The third kappa shape index (κ3) is 1.70. The number of ether oxygens (including phenoxy) is 1. The molecule has 0 spiro atoms. The number of benzene rings is 1. The fraction of sp³-hybridized carbons (Fsp3) is 0.444. The Morgan fingerprint density at radius 3 is 2.86 bits per heavy atom. The largest absolute Gasteiger partial charge is 0.504 e. The lowest BCUT2D eigenvalue weighted by molar-refractivity contribution is 0.156. The highest BCUT2D eigenvalue weighted by atomic mass is 16.5. The van der Waals surface area contributed by atoms with E-state index in [4.69, 9.17) is 4.74 Å². The summed E-state index contributed by atoms with van der Waals surface area (Å²) in [6, 6.07) is 9.31. The number of rotatable bonds is 1. The molecule has 1 aliphatic carbocycles. The molecule has 2 aliphatic rings. The molecule has 3 heteroatoms. The van der Waals surface area contributed by atoms with Gasteiger partial charge in [0, 0.05) is 35.1 Å². The van der Waals surface area contributed by atoms with Crippen molar-refractivity contribution >= 4 is 16.5 Å². The number of methoxy groups -OCH3 is 1. The standard InChI is InChI=1S/C18H22N2O/c1-19-9-8-12-10-16(19)17-13-6-4-5-7-15(13)20(2)18(17)14(12)11-21-3/h4-7,11-12,16H,8-10H2,1-3H3/b14-11+/t12-,16+/m0/s1. The molecule has 2 aromatic rings. The maximum atomic E-state index is 5.42. The van der Waals surface area contributed by atoms with E-state index in [9.17, 15) is 0 Å². The number of hydrogen-bond acceptors (Lipinski definition) is 2. The van der Waals surface area contributed by atoms with Gasteiger partial charge in [-0.25, -0.2) is 0 Å². The van der Waals surface area contributed by atoms with E-state index in [1.165, 1.54) is 47.1 Å². The molecule has 0 radical (unpaired) electrons. The molecule has 21 heavy (non-hydrogen) atoms. The third-order valence-corrected chi connectivity index (χ3v) is 5.31. The highest BCUT2D eigenvalue weighted by Gasteiger charge is 2.40. The van der Waals surface area contributed by atoms with Crippen LogP contribution in [-0.4, -0.2) is 30.2 Å². The number of piperidine rings is 1. The van der Waals surface area contributed by atoms with Gasteiger partial charge < -0.3 is 9.30 Å².